The van der Waals surface area contributed by atoms with Crippen LogP contribution in [-0.2, 0) is 18.2 Å². The van der Waals surface area contributed by atoms with Crippen molar-refractivity contribution in [3.05, 3.63) is 23.2 Å². The molecule has 0 saturated heterocycles. The number of esters is 1. The molecule has 0 unspecified atom stereocenters. The van der Waals surface area contributed by atoms with E-state index in [1.54, 1.807) is 11.6 Å². The number of carbonyl (C=O) groups excluding carboxylic acids is 1. The van der Waals surface area contributed by atoms with Crippen LogP contribution in [0.25, 0.3) is 11.6 Å². The third kappa shape index (κ3) is 2.57. The van der Waals surface area contributed by atoms with E-state index in [0.717, 1.165) is 36.3 Å². The zero-order chi connectivity index (χ0) is 15.0. The third-order valence-electron chi connectivity index (χ3n) is 3.59. The molecule has 0 bridgehead atoms. The normalized spacial score (nSPS) is 14.4. The van der Waals surface area contributed by atoms with Crippen molar-refractivity contribution in [2.24, 2.45) is 7.05 Å². The van der Waals surface area contributed by atoms with E-state index in [0.29, 0.717) is 18.4 Å². The van der Waals surface area contributed by atoms with Gasteiger partial charge in [0.1, 0.15) is 5.69 Å². The van der Waals surface area contributed by atoms with Crippen molar-refractivity contribution in [3.63, 3.8) is 0 Å². The molecule has 0 aliphatic heterocycles. The molecule has 0 atom stereocenters. The molecule has 1 fully saturated rings. The molecule has 1 aliphatic carbocycles. The Bertz CT molecular complexity index is 668. The lowest BCUT2D eigenvalue weighted by Gasteiger charge is -1.99. The van der Waals surface area contributed by atoms with Gasteiger partial charge in [0.15, 0.2) is 0 Å². The highest BCUT2D eigenvalue weighted by atomic mass is 16.5. The molecular weight excluding hydrogens is 270 g/mol. The minimum Gasteiger partial charge on any atom is -0.460 e. The van der Waals surface area contributed by atoms with E-state index in [4.69, 9.17) is 9.15 Å². The molecule has 6 nitrogen and oxygen atoms in total. The standard InChI is InChI=1S/C15H19N3O3/c1-4-10-8-11(18(3)17-10)14-16-12(9-6-7-9)13(21-14)15(19)20-5-2/h8-9H,4-7H2,1-3H3. The zero-order valence-electron chi connectivity index (χ0n) is 12.5. The van der Waals surface area contributed by atoms with E-state index in [1.807, 2.05) is 20.0 Å². The van der Waals surface area contributed by atoms with Crippen LogP contribution in [0.3, 0.4) is 0 Å². The van der Waals surface area contributed by atoms with Crippen LogP contribution < -0.4 is 0 Å². The van der Waals surface area contributed by atoms with Gasteiger partial charge in [0.05, 0.1) is 18.0 Å². The number of nitrogens with zero attached hydrogens (tertiary/aromatic N) is 3. The first kappa shape index (κ1) is 13.9. The van der Waals surface area contributed by atoms with Crippen molar-refractivity contribution in [1.82, 2.24) is 14.8 Å². The second kappa shape index (κ2) is 5.35. The number of hydrogen-bond acceptors (Lipinski definition) is 5. The first-order valence-corrected chi connectivity index (χ1v) is 7.35. The SMILES string of the molecule is CCOC(=O)c1oc(-c2cc(CC)nn2C)nc1C1CC1. The highest BCUT2D eigenvalue weighted by Crippen LogP contribution is 2.42. The summed E-state index contributed by atoms with van der Waals surface area (Å²) in [6.07, 6.45) is 2.93. The summed E-state index contributed by atoms with van der Waals surface area (Å²) in [5.74, 6) is 0.570. The minimum atomic E-state index is -0.434. The van der Waals surface area contributed by atoms with Gasteiger partial charge in [0.2, 0.25) is 11.7 Å². The van der Waals surface area contributed by atoms with E-state index >= 15 is 0 Å². The van der Waals surface area contributed by atoms with Gasteiger partial charge >= 0.3 is 5.97 Å². The number of ether oxygens (including phenoxy) is 1. The van der Waals surface area contributed by atoms with Gasteiger partial charge in [-0.2, -0.15) is 5.10 Å². The maximum atomic E-state index is 12.0. The molecule has 112 valence electrons. The van der Waals surface area contributed by atoms with Crippen molar-refractivity contribution >= 4 is 5.97 Å². The summed E-state index contributed by atoms with van der Waals surface area (Å²) in [5, 5.41) is 4.39. The number of rotatable bonds is 5. The largest absolute Gasteiger partial charge is 0.460 e. The van der Waals surface area contributed by atoms with Gasteiger partial charge in [-0.1, -0.05) is 6.92 Å². The van der Waals surface area contributed by atoms with Crippen molar-refractivity contribution in [2.45, 2.75) is 39.0 Å². The number of hydrogen-bond donors (Lipinski definition) is 0. The van der Waals surface area contributed by atoms with Crippen LogP contribution in [0.1, 0.15) is 54.5 Å². The van der Waals surface area contributed by atoms with E-state index in [-0.39, 0.29) is 5.76 Å². The summed E-state index contributed by atoms with van der Waals surface area (Å²) >= 11 is 0. The molecule has 3 rings (SSSR count). The summed E-state index contributed by atoms with van der Waals surface area (Å²) in [6.45, 7) is 4.15. The summed E-state index contributed by atoms with van der Waals surface area (Å²) in [6, 6.07) is 1.94. The first-order valence-electron chi connectivity index (χ1n) is 7.35. The van der Waals surface area contributed by atoms with Crippen LogP contribution in [0.15, 0.2) is 10.5 Å². The van der Waals surface area contributed by atoms with Gasteiger partial charge < -0.3 is 9.15 Å². The van der Waals surface area contributed by atoms with Gasteiger partial charge in [-0.25, -0.2) is 9.78 Å². The molecule has 1 aliphatic rings. The average molecular weight is 289 g/mol. The first-order chi connectivity index (χ1) is 10.1. The fourth-order valence-corrected chi connectivity index (χ4v) is 2.32. The van der Waals surface area contributed by atoms with Crippen molar-refractivity contribution < 1.29 is 13.9 Å². The quantitative estimate of drug-likeness (QED) is 0.791. The van der Waals surface area contributed by atoms with Gasteiger partial charge in [0, 0.05) is 13.0 Å². The third-order valence-corrected chi connectivity index (χ3v) is 3.59. The maximum absolute atomic E-state index is 12.0. The fourth-order valence-electron chi connectivity index (χ4n) is 2.32. The lowest BCUT2D eigenvalue weighted by molar-refractivity contribution is 0.0489. The van der Waals surface area contributed by atoms with Crippen LogP contribution >= 0.6 is 0 Å². The summed E-state index contributed by atoms with van der Waals surface area (Å²) < 4.78 is 12.5. The van der Waals surface area contributed by atoms with Gasteiger partial charge in [-0.3, -0.25) is 4.68 Å². The van der Waals surface area contributed by atoms with Crippen LogP contribution in [0.5, 0.6) is 0 Å². The Morgan fingerprint density at radius 3 is 2.81 bits per heavy atom. The Morgan fingerprint density at radius 2 is 2.24 bits per heavy atom. The second-order valence-electron chi connectivity index (χ2n) is 5.23. The van der Waals surface area contributed by atoms with Crippen LogP contribution in [0.4, 0.5) is 0 Å². The fraction of sp³-hybridized carbons (Fsp3) is 0.533. The van der Waals surface area contributed by atoms with Crippen LogP contribution in [0, 0.1) is 0 Å². The van der Waals surface area contributed by atoms with E-state index < -0.39 is 5.97 Å². The summed E-state index contributed by atoms with van der Waals surface area (Å²) in [7, 11) is 1.85. The predicted molar refractivity (Wildman–Crippen MR) is 76.0 cm³/mol. The highest BCUT2D eigenvalue weighted by Gasteiger charge is 2.34. The van der Waals surface area contributed by atoms with Crippen LogP contribution in [0.2, 0.25) is 0 Å². The number of aromatic nitrogens is 3. The Kier molecular flexibility index (Phi) is 3.53. The molecular formula is C15H19N3O3. The Balaban J connectivity index is 2.01. The Hall–Kier alpha value is -2.11. The smallest absolute Gasteiger partial charge is 0.376 e. The molecule has 0 spiro atoms. The van der Waals surface area contributed by atoms with E-state index in [2.05, 4.69) is 10.1 Å². The Labute approximate surface area is 123 Å². The molecule has 2 heterocycles. The van der Waals surface area contributed by atoms with Gasteiger partial charge in [0.25, 0.3) is 0 Å². The van der Waals surface area contributed by atoms with Crippen LogP contribution in [-0.4, -0.2) is 27.3 Å². The Morgan fingerprint density at radius 1 is 1.48 bits per heavy atom. The number of oxazole rings is 1. The minimum absolute atomic E-state index is 0.244. The lowest BCUT2D eigenvalue weighted by atomic mass is 10.2. The average Bonchev–Trinajstić information content (AvgIpc) is 3.10. The molecule has 21 heavy (non-hydrogen) atoms. The van der Waals surface area contributed by atoms with Crippen molar-refractivity contribution in [2.75, 3.05) is 6.61 Å². The molecule has 6 heteroatoms. The predicted octanol–water partition coefficient (Wildman–Crippen LogP) is 2.69. The van der Waals surface area contributed by atoms with E-state index in [9.17, 15) is 4.79 Å². The zero-order valence-corrected chi connectivity index (χ0v) is 12.5. The monoisotopic (exact) mass is 289 g/mol. The molecule has 2 aromatic heterocycles. The number of carbonyl (C=O) groups is 1. The van der Waals surface area contributed by atoms with Gasteiger partial charge in [-0.15, -0.1) is 0 Å². The highest BCUT2D eigenvalue weighted by molar-refractivity contribution is 5.88. The lowest BCUT2D eigenvalue weighted by Crippen LogP contribution is -2.05. The van der Waals surface area contributed by atoms with Crippen molar-refractivity contribution in [1.29, 1.82) is 0 Å². The summed E-state index contributed by atoms with van der Waals surface area (Å²) in [5.41, 5.74) is 2.48. The molecule has 0 N–H and O–H groups in total. The molecule has 0 radical (unpaired) electrons. The molecule has 0 amide bonds. The van der Waals surface area contributed by atoms with Gasteiger partial charge in [-0.05, 0) is 32.3 Å². The molecule has 1 saturated carbocycles. The molecule has 2 aromatic rings. The molecule has 0 aromatic carbocycles. The second-order valence-corrected chi connectivity index (χ2v) is 5.23. The topological polar surface area (TPSA) is 70.2 Å². The number of aryl methyl sites for hydroxylation is 2. The van der Waals surface area contributed by atoms with Crippen molar-refractivity contribution in [3.8, 4) is 11.6 Å². The van der Waals surface area contributed by atoms with E-state index in [1.165, 1.54) is 0 Å². The maximum Gasteiger partial charge on any atom is 0.376 e. The summed E-state index contributed by atoms with van der Waals surface area (Å²) in [4.78, 5) is 16.5.